The van der Waals surface area contributed by atoms with Crippen molar-refractivity contribution in [2.75, 3.05) is 0 Å². The van der Waals surface area contributed by atoms with Gasteiger partial charge in [0.2, 0.25) is 0 Å². The van der Waals surface area contributed by atoms with Gasteiger partial charge < -0.3 is 28.4 Å². The first kappa shape index (κ1) is 42.3. The maximum absolute atomic E-state index is 17.0. The van der Waals surface area contributed by atoms with E-state index in [0.29, 0.717) is 0 Å². The summed E-state index contributed by atoms with van der Waals surface area (Å²) in [4.78, 5) is 76.1. The van der Waals surface area contributed by atoms with Gasteiger partial charge in [0.1, 0.15) is 5.75 Å². The van der Waals surface area contributed by atoms with Crippen molar-refractivity contribution in [1.29, 1.82) is 0 Å². The number of carbonyl (C=O) groups excluding carboxylic acids is 6. The Morgan fingerprint density at radius 3 is 1.11 bits per heavy atom. The van der Waals surface area contributed by atoms with Crippen molar-refractivity contribution in [3.63, 3.8) is 0 Å². The molecule has 3 aromatic carbocycles. The monoisotopic (exact) mass is 752 g/mol. The van der Waals surface area contributed by atoms with E-state index in [1.54, 1.807) is 0 Å². The van der Waals surface area contributed by atoms with E-state index in [0.717, 1.165) is 18.2 Å². The Bertz CT molecular complexity index is 2260. The summed E-state index contributed by atoms with van der Waals surface area (Å²) < 4.78 is 49.7. The average molecular weight is 753 g/mol. The van der Waals surface area contributed by atoms with Gasteiger partial charge in [0, 0.05) is 39.0 Å². The highest BCUT2D eigenvalue weighted by Gasteiger charge is 2.29. The van der Waals surface area contributed by atoms with Gasteiger partial charge in [0.25, 0.3) is 0 Å². The maximum atomic E-state index is 17.0. The third-order valence-electron chi connectivity index (χ3n) is 6.97. The van der Waals surface area contributed by atoms with Crippen molar-refractivity contribution in [3.8, 4) is 56.8 Å². The molecule has 0 saturated heterocycles. The predicted octanol–water partition coefficient (Wildman–Crippen LogP) is 8.05. The zero-order valence-electron chi connectivity index (χ0n) is 31.1. The Morgan fingerprint density at radius 1 is 0.418 bits per heavy atom. The molecule has 0 fully saturated rings. The highest BCUT2D eigenvalue weighted by atomic mass is 19.1. The fraction of sp³-hybridized carbons (Fsp3) is 0.143. The SMILES string of the molecule is C=C(C)C(=O)Oc1ccc(-c2cc(OC(=O)C(=C)C)c(-c3ccc(OC(=O)C(=C)C)c(OC(=O)C(=C)C)c3)c(OC(=O)C(=C)C)c2F)cc1OC(=O)C(=C)C. The number of hydrogen-bond donors (Lipinski definition) is 0. The lowest BCUT2D eigenvalue weighted by atomic mass is 9.96. The van der Waals surface area contributed by atoms with Crippen molar-refractivity contribution in [2.24, 2.45) is 0 Å². The molecule has 0 saturated carbocycles. The fourth-order valence-corrected chi connectivity index (χ4v) is 4.05. The van der Waals surface area contributed by atoms with Gasteiger partial charge in [-0.25, -0.2) is 33.2 Å². The topological polar surface area (TPSA) is 158 Å². The molecule has 3 aromatic rings. The molecule has 0 radical (unpaired) electrons. The summed E-state index contributed by atoms with van der Waals surface area (Å²) in [5.74, 6) is -9.22. The van der Waals surface area contributed by atoms with E-state index in [-0.39, 0.29) is 78.7 Å². The largest absolute Gasteiger partial charge is 0.422 e. The van der Waals surface area contributed by atoms with Crippen LogP contribution in [0.3, 0.4) is 0 Å². The lowest BCUT2D eigenvalue weighted by molar-refractivity contribution is -0.132. The normalized spacial score (nSPS) is 10.2. The van der Waals surface area contributed by atoms with Crippen molar-refractivity contribution in [3.05, 3.63) is 121 Å². The number of ether oxygens (including phenoxy) is 6. The summed E-state index contributed by atoms with van der Waals surface area (Å²) >= 11 is 0. The van der Waals surface area contributed by atoms with E-state index in [2.05, 4.69) is 39.5 Å². The molecule has 3 rings (SSSR count). The van der Waals surface area contributed by atoms with E-state index < -0.39 is 53.1 Å². The minimum absolute atomic E-state index is 0.0152. The number of esters is 6. The summed E-state index contributed by atoms with van der Waals surface area (Å²) in [7, 11) is 0. The fourth-order valence-electron chi connectivity index (χ4n) is 4.05. The second-order valence-electron chi connectivity index (χ2n) is 12.3. The molecule has 0 aromatic heterocycles. The van der Waals surface area contributed by atoms with Crippen molar-refractivity contribution in [2.45, 2.75) is 41.5 Å². The zero-order chi connectivity index (χ0) is 41.5. The molecule has 0 bridgehead atoms. The summed E-state index contributed by atoms with van der Waals surface area (Å²) in [6.07, 6.45) is 0. The van der Waals surface area contributed by atoms with E-state index in [1.807, 2.05) is 0 Å². The smallest absolute Gasteiger partial charge is 0.338 e. The third kappa shape index (κ3) is 10.5. The first-order valence-corrected chi connectivity index (χ1v) is 16.0. The first-order chi connectivity index (χ1) is 25.6. The summed E-state index contributed by atoms with van der Waals surface area (Å²) in [6.45, 7) is 29.5. The minimum atomic E-state index is -1.21. The van der Waals surface area contributed by atoms with Crippen LogP contribution in [0.2, 0.25) is 0 Å². The van der Waals surface area contributed by atoms with Gasteiger partial charge in [-0.3, -0.25) is 0 Å². The van der Waals surface area contributed by atoms with Gasteiger partial charge in [-0.05, 0) is 83.0 Å². The van der Waals surface area contributed by atoms with Crippen LogP contribution in [0.15, 0.2) is 115 Å². The van der Waals surface area contributed by atoms with Gasteiger partial charge in [-0.1, -0.05) is 51.6 Å². The standard InChI is InChI=1S/C42H37FO12/c1-20(2)37(44)50-29-15-13-26(17-31(29)52-39(46)22(5)6)28-19-33(54-41(48)24(9)10)34(36(35(28)43)55-42(49)25(11)12)27-14-16-30(51-38(45)21(3)4)32(18-27)53-40(47)23(7)8/h13-19H,1,3,5,7,9,11H2,2,4,6,8,10,12H3. The van der Waals surface area contributed by atoms with E-state index in [9.17, 15) is 28.8 Å². The van der Waals surface area contributed by atoms with E-state index >= 15 is 4.39 Å². The van der Waals surface area contributed by atoms with Gasteiger partial charge >= 0.3 is 35.8 Å². The number of carbonyl (C=O) groups is 6. The predicted molar refractivity (Wildman–Crippen MR) is 200 cm³/mol. The molecular formula is C42H37FO12. The van der Waals surface area contributed by atoms with E-state index in [1.165, 1.54) is 65.8 Å². The number of hydrogen-bond acceptors (Lipinski definition) is 12. The highest BCUT2D eigenvalue weighted by Crippen LogP contribution is 2.48. The summed E-state index contributed by atoms with van der Waals surface area (Å²) in [6, 6.07) is 8.34. The second kappa shape index (κ2) is 17.6. The Morgan fingerprint density at radius 2 is 0.727 bits per heavy atom. The molecule has 55 heavy (non-hydrogen) atoms. The van der Waals surface area contributed by atoms with Crippen LogP contribution in [0, 0.1) is 5.82 Å². The van der Waals surface area contributed by atoms with E-state index in [4.69, 9.17) is 28.4 Å². The summed E-state index contributed by atoms with van der Waals surface area (Å²) in [5.41, 5.74) is -1.08. The van der Waals surface area contributed by atoms with Gasteiger partial charge in [-0.15, -0.1) is 0 Å². The zero-order valence-corrected chi connectivity index (χ0v) is 31.1. The second-order valence-corrected chi connectivity index (χ2v) is 12.3. The Hall–Kier alpha value is -7.15. The highest BCUT2D eigenvalue weighted by molar-refractivity contribution is 5.97. The molecule has 0 aliphatic heterocycles. The number of halogens is 1. The average Bonchev–Trinajstić information content (AvgIpc) is 3.10. The first-order valence-electron chi connectivity index (χ1n) is 16.0. The van der Waals surface area contributed by atoms with Crippen LogP contribution in [0.1, 0.15) is 41.5 Å². The van der Waals surface area contributed by atoms with Crippen LogP contribution in [0.5, 0.6) is 34.5 Å². The minimum Gasteiger partial charge on any atom is -0.422 e. The molecule has 0 spiro atoms. The molecule has 12 nitrogen and oxygen atoms in total. The number of rotatable bonds is 14. The van der Waals surface area contributed by atoms with Crippen LogP contribution in [0.25, 0.3) is 22.3 Å². The summed E-state index contributed by atoms with van der Waals surface area (Å²) in [5, 5.41) is 0. The Labute approximate surface area is 316 Å². The van der Waals surface area contributed by atoms with Gasteiger partial charge in [0.15, 0.2) is 34.6 Å². The lowest BCUT2D eigenvalue weighted by Gasteiger charge is -2.20. The maximum Gasteiger partial charge on any atom is 0.338 e. The quantitative estimate of drug-likeness (QED) is 0.0888. The van der Waals surface area contributed by atoms with Gasteiger partial charge in [0.05, 0.1) is 5.56 Å². The third-order valence-corrected chi connectivity index (χ3v) is 6.97. The van der Waals surface area contributed by atoms with Crippen LogP contribution in [0.4, 0.5) is 4.39 Å². The molecule has 0 aliphatic rings. The van der Waals surface area contributed by atoms with Crippen molar-refractivity contribution < 1.29 is 61.6 Å². The lowest BCUT2D eigenvalue weighted by Crippen LogP contribution is -2.15. The molecule has 0 amide bonds. The molecule has 0 N–H and O–H groups in total. The van der Waals surface area contributed by atoms with Crippen LogP contribution >= 0.6 is 0 Å². The van der Waals surface area contributed by atoms with Crippen LogP contribution < -0.4 is 28.4 Å². The Balaban J connectivity index is 2.49. The number of benzene rings is 3. The van der Waals surface area contributed by atoms with Crippen LogP contribution in [-0.4, -0.2) is 35.8 Å². The molecule has 0 unspecified atom stereocenters. The molecule has 0 atom stereocenters. The molecule has 13 heteroatoms. The molecule has 0 aliphatic carbocycles. The van der Waals surface area contributed by atoms with Gasteiger partial charge in [-0.2, -0.15) is 0 Å². The van der Waals surface area contributed by atoms with Crippen LogP contribution in [-0.2, 0) is 28.8 Å². The van der Waals surface area contributed by atoms with Crippen molar-refractivity contribution >= 4 is 35.8 Å². The molecular weight excluding hydrogens is 715 g/mol. The Kier molecular flexibility index (Phi) is 13.5. The molecule has 284 valence electrons. The molecule has 0 heterocycles. The van der Waals surface area contributed by atoms with Crippen molar-refractivity contribution in [1.82, 2.24) is 0 Å².